The smallest absolute Gasteiger partial charge is 0.251 e. The van der Waals surface area contributed by atoms with Gasteiger partial charge in [0.1, 0.15) is 0 Å². The Kier molecular flexibility index (Phi) is 8.43. The van der Waals surface area contributed by atoms with Crippen molar-refractivity contribution in [3.63, 3.8) is 0 Å². The molecule has 2 aromatic carbocycles. The Balaban J connectivity index is 1.46. The molecule has 0 saturated heterocycles. The maximum atomic E-state index is 12.8. The van der Waals surface area contributed by atoms with Gasteiger partial charge in [0.25, 0.3) is 5.91 Å². The normalized spacial score (nSPS) is 18.5. The lowest BCUT2D eigenvalue weighted by Crippen LogP contribution is -2.35. The van der Waals surface area contributed by atoms with Crippen LogP contribution in [0.3, 0.4) is 0 Å². The molecule has 4 nitrogen and oxygen atoms in total. The van der Waals surface area contributed by atoms with Gasteiger partial charge in [0, 0.05) is 35.0 Å². The van der Waals surface area contributed by atoms with E-state index in [2.05, 4.69) is 35.4 Å². The molecule has 0 aromatic heterocycles. The molecule has 2 unspecified atom stereocenters. The summed E-state index contributed by atoms with van der Waals surface area (Å²) in [7, 11) is 1.63. The average molecular weight is 502 g/mol. The van der Waals surface area contributed by atoms with Crippen molar-refractivity contribution in [1.29, 1.82) is 0 Å². The molecule has 2 aromatic rings. The largest absolute Gasteiger partial charge is 0.380 e. The van der Waals surface area contributed by atoms with E-state index in [-0.39, 0.29) is 17.8 Å². The quantitative estimate of drug-likeness (QED) is 0.514. The Morgan fingerprint density at radius 1 is 1.22 bits per heavy atom. The van der Waals surface area contributed by atoms with E-state index in [4.69, 9.17) is 16.3 Å². The molecular formula is C31H32ClNO3. The number of nitrogens with one attached hydrogen (secondary N) is 1. The van der Waals surface area contributed by atoms with Crippen LogP contribution in [0.4, 0.5) is 0 Å². The first kappa shape index (κ1) is 25.9. The van der Waals surface area contributed by atoms with Crippen LogP contribution in [0.1, 0.15) is 58.9 Å². The highest BCUT2D eigenvalue weighted by Gasteiger charge is 2.22. The van der Waals surface area contributed by atoms with Crippen LogP contribution in [0.5, 0.6) is 0 Å². The maximum Gasteiger partial charge on any atom is 0.251 e. The zero-order valence-electron chi connectivity index (χ0n) is 21.1. The van der Waals surface area contributed by atoms with Gasteiger partial charge in [0.15, 0.2) is 5.78 Å². The van der Waals surface area contributed by atoms with Crippen molar-refractivity contribution in [2.24, 2.45) is 5.92 Å². The van der Waals surface area contributed by atoms with Crippen molar-refractivity contribution >= 4 is 35.1 Å². The van der Waals surface area contributed by atoms with Gasteiger partial charge in [-0.3, -0.25) is 9.59 Å². The molecule has 0 saturated carbocycles. The van der Waals surface area contributed by atoms with Crippen LogP contribution in [0.15, 0.2) is 65.8 Å². The van der Waals surface area contributed by atoms with E-state index in [1.807, 2.05) is 26.0 Å². The summed E-state index contributed by atoms with van der Waals surface area (Å²) in [6.07, 6.45) is 11.9. The van der Waals surface area contributed by atoms with Gasteiger partial charge in [0.2, 0.25) is 0 Å². The molecule has 186 valence electrons. The molecule has 0 heterocycles. The van der Waals surface area contributed by atoms with E-state index in [0.717, 1.165) is 47.3 Å². The van der Waals surface area contributed by atoms with E-state index in [9.17, 15) is 9.59 Å². The summed E-state index contributed by atoms with van der Waals surface area (Å²) in [5.74, 6) is 0.408. The highest BCUT2D eigenvalue weighted by Crippen LogP contribution is 2.31. The summed E-state index contributed by atoms with van der Waals surface area (Å²) < 4.78 is 5.23. The van der Waals surface area contributed by atoms with Crippen LogP contribution >= 0.6 is 11.6 Å². The van der Waals surface area contributed by atoms with Crippen molar-refractivity contribution in [3.05, 3.63) is 97.9 Å². The van der Waals surface area contributed by atoms with Crippen LogP contribution in [0, 0.1) is 12.8 Å². The van der Waals surface area contributed by atoms with E-state index in [1.165, 1.54) is 5.57 Å². The molecule has 1 N–H and O–H groups in total. The van der Waals surface area contributed by atoms with Gasteiger partial charge in [-0.1, -0.05) is 29.8 Å². The van der Waals surface area contributed by atoms with Crippen LogP contribution in [-0.2, 0) is 4.74 Å². The summed E-state index contributed by atoms with van der Waals surface area (Å²) in [5.41, 5.74) is 7.77. The third kappa shape index (κ3) is 6.14. The predicted octanol–water partition coefficient (Wildman–Crippen LogP) is 5.07. The first-order chi connectivity index (χ1) is 17.4. The number of benzene rings is 2. The summed E-state index contributed by atoms with van der Waals surface area (Å²) in [6, 6.07) is 10.9. The van der Waals surface area contributed by atoms with Gasteiger partial charge < -0.3 is 10.1 Å². The topological polar surface area (TPSA) is 55.4 Å². The van der Waals surface area contributed by atoms with E-state index < -0.39 is 0 Å². The van der Waals surface area contributed by atoms with Gasteiger partial charge >= 0.3 is 0 Å². The lowest BCUT2D eigenvalue weighted by Gasteiger charge is -2.12. The molecule has 0 fully saturated rings. The second kappa shape index (κ2) is 11.7. The number of methoxy groups -OCH3 is 1. The minimum absolute atomic E-state index is 0.0421. The molecule has 0 aliphatic heterocycles. The second-order valence-electron chi connectivity index (χ2n) is 9.54. The van der Waals surface area contributed by atoms with Crippen molar-refractivity contribution in [2.75, 3.05) is 13.7 Å². The lowest BCUT2D eigenvalue weighted by molar-refractivity contribution is 0.0869. The average Bonchev–Trinajstić information content (AvgIpc) is 3.26. The first-order valence-corrected chi connectivity index (χ1v) is 12.8. The Labute approximate surface area is 217 Å². The molecule has 2 aliphatic rings. The standard InChI is InChI=1S/C31H32ClNO3/c1-20(36-3)19-33-31(35)28-16-13-24-6-4-5-22(18-29(24)21(28)2)7-8-23-9-10-26(17-23)30(34)25-11-14-27(32)15-12-25/h4,7,10-16,18,20,23H,5,8-9,17,19H2,1-3H3,(H,33,35). The van der Waals surface area contributed by atoms with Crippen molar-refractivity contribution in [2.45, 2.75) is 45.6 Å². The molecule has 4 rings (SSSR count). The number of ketones is 1. The summed E-state index contributed by atoms with van der Waals surface area (Å²) in [4.78, 5) is 25.6. The number of Topliss-reactive ketones (excluding diaryl/α,β-unsaturated/α-hetero) is 1. The van der Waals surface area contributed by atoms with Crippen LogP contribution < -0.4 is 15.8 Å². The van der Waals surface area contributed by atoms with Gasteiger partial charge in [-0.15, -0.1) is 5.73 Å². The predicted molar refractivity (Wildman–Crippen MR) is 146 cm³/mol. The van der Waals surface area contributed by atoms with Crippen LogP contribution in [0.25, 0.3) is 11.8 Å². The van der Waals surface area contributed by atoms with Gasteiger partial charge in [0.05, 0.1) is 6.10 Å². The fourth-order valence-corrected chi connectivity index (χ4v) is 4.75. The minimum atomic E-state index is -0.0960. The highest BCUT2D eigenvalue weighted by molar-refractivity contribution is 6.30. The van der Waals surface area contributed by atoms with Crippen molar-refractivity contribution < 1.29 is 14.3 Å². The highest BCUT2D eigenvalue weighted by atomic mass is 35.5. The molecule has 0 radical (unpaired) electrons. The summed E-state index contributed by atoms with van der Waals surface area (Å²) in [6.45, 7) is 4.38. The van der Waals surface area contributed by atoms with Gasteiger partial charge in [-0.2, -0.15) is 0 Å². The minimum Gasteiger partial charge on any atom is -0.380 e. The van der Waals surface area contributed by atoms with E-state index in [0.29, 0.717) is 28.6 Å². The zero-order valence-corrected chi connectivity index (χ0v) is 21.8. The Morgan fingerprint density at radius 3 is 2.75 bits per heavy atom. The molecular weight excluding hydrogens is 470 g/mol. The summed E-state index contributed by atoms with van der Waals surface area (Å²) in [5, 5.41) is 5.61. The molecule has 0 bridgehead atoms. The number of allylic oxidation sites excluding steroid dienone is 5. The number of fused-ring (bicyclic) bond motifs is 1. The SMILES string of the molecule is COC(C)CNC(=O)c1ccc2c(c1C)=CC(=CCC1CC=C(C(=O)c3ccc(Cl)cc3)C1)CC=C=2. The molecule has 0 spiro atoms. The van der Waals surface area contributed by atoms with Gasteiger partial charge in [-0.25, -0.2) is 0 Å². The van der Waals surface area contributed by atoms with Crippen molar-refractivity contribution in [1.82, 2.24) is 5.32 Å². The molecule has 2 atom stereocenters. The number of hydrogen-bond donors (Lipinski definition) is 1. The number of amides is 1. The summed E-state index contributed by atoms with van der Waals surface area (Å²) >= 11 is 5.96. The Hall–Kier alpha value is -3.17. The number of carbonyl (C=O) groups excluding carboxylic acids is 2. The van der Waals surface area contributed by atoms with E-state index >= 15 is 0 Å². The molecule has 5 heteroatoms. The first-order valence-electron chi connectivity index (χ1n) is 12.4. The monoisotopic (exact) mass is 501 g/mol. The number of carbonyl (C=O) groups is 2. The molecule has 36 heavy (non-hydrogen) atoms. The van der Waals surface area contributed by atoms with E-state index in [1.54, 1.807) is 31.4 Å². The van der Waals surface area contributed by atoms with Crippen LogP contribution in [0.2, 0.25) is 5.02 Å². The molecule has 1 amide bonds. The van der Waals surface area contributed by atoms with Crippen molar-refractivity contribution in [3.8, 4) is 0 Å². The third-order valence-electron chi connectivity index (χ3n) is 6.95. The number of halogens is 1. The fraction of sp³-hybridized carbons (Fsp3) is 0.323. The van der Waals surface area contributed by atoms with Crippen LogP contribution in [-0.4, -0.2) is 31.4 Å². The lowest BCUT2D eigenvalue weighted by atomic mass is 9.95. The fourth-order valence-electron chi connectivity index (χ4n) is 4.62. The number of hydrogen-bond acceptors (Lipinski definition) is 3. The second-order valence-corrected chi connectivity index (χ2v) is 9.98. The Morgan fingerprint density at radius 2 is 2.00 bits per heavy atom. The Bertz CT molecular complexity index is 1380. The zero-order chi connectivity index (χ0) is 25.7. The maximum absolute atomic E-state index is 12.8. The van der Waals surface area contributed by atoms with Gasteiger partial charge in [-0.05, 0) is 110 Å². The third-order valence-corrected chi connectivity index (χ3v) is 7.21. The molecule has 2 aliphatic carbocycles. The number of rotatable bonds is 8. The number of ether oxygens (including phenoxy) is 1.